The number of non-ortho nitro benzene ring substituents is 1. The van der Waals surface area contributed by atoms with E-state index < -0.39 is 4.92 Å². The molecule has 4 nitrogen and oxygen atoms in total. The zero-order chi connectivity index (χ0) is 12.7. The number of nitro groups is 1. The molecule has 1 aromatic rings. The lowest BCUT2D eigenvalue weighted by molar-refractivity contribution is -0.384. The molecule has 0 heterocycles. The van der Waals surface area contributed by atoms with Gasteiger partial charge in [0.15, 0.2) is 0 Å². The van der Waals surface area contributed by atoms with Gasteiger partial charge in [-0.1, -0.05) is 0 Å². The summed E-state index contributed by atoms with van der Waals surface area (Å²) in [6, 6.07) is 4.65. The number of hydrogen-bond donors (Lipinski definition) is 0. The van der Waals surface area contributed by atoms with Gasteiger partial charge in [0, 0.05) is 11.9 Å². The maximum absolute atomic E-state index is 10.6. The summed E-state index contributed by atoms with van der Waals surface area (Å²) >= 11 is 5.56. The van der Waals surface area contributed by atoms with Crippen LogP contribution >= 0.6 is 11.6 Å². The molecule has 0 atom stereocenters. The number of nitrogens with zero attached hydrogens (tertiary/aromatic N) is 1. The van der Waals surface area contributed by atoms with E-state index in [9.17, 15) is 10.1 Å². The van der Waals surface area contributed by atoms with E-state index in [4.69, 9.17) is 16.3 Å². The quantitative estimate of drug-likeness (QED) is 0.324. The summed E-state index contributed by atoms with van der Waals surface area (Å²) in [5.74, 6) is 1.25. The van der Waals surface area contributed by atoms with Crippen molar-refractivity contribution in [2.45, 2.75) is 26.2 Å². The first-order chi connectivity index (χ1) is 8.15. The average Bonchev–Trinajstić information content (AvgIpc) is 2.30. The van der Waals surface area contributed by atoms with E-state index in [0.717, 1.165) is 24.8 Å². The lowest BCUT2D eigenvalue weighted by atomic mass is 10.2. The molecule has 0 aliphatic rings. The van der Waals surface area contributed by atoms with Gasteiger partial charge < -0.3 is 4.74 Å². The second kappa shape index (κ2) is 7.12. The monoisotopic (exact) mass is 257 g/mol. The highest BCUT2D eigenvalue weighted by Crippen LogP contribution is 2.24. The Kier molecular flexibility index (Phi) is 5.77. The van der Waals surface area contributed by atoms with Crippen LogP contribution in [0.2, 0.25) is 0 Å². The molecular weight excluding hydrogens is 242 g/mol. The number of halogens is 1. The molecule has 5 heteroatoms. The average molecular weight is 258 g/mol. The first kappa shape index (κ1) is 13.8. The van der Waals surface area contributed by atoms with E-state index >= 15 is 0 Å². The summed E-state index contributed by atoms with van der Waals surface area (Å²) in [4.78, 5) is 10.2. The Balaban J connectivity index is 2.51. The highest BCUT2D eigenvalue weighted by molar-refractivity contribution is 6.17. The van der Waals surface area contributed by atoms with E-state index in [-0.39, 0.29) is 5.69 Å². The number of alkyl halides is 1. The molecule has 0 bridgehead atoms. The molecule has 0 unspecified atom stereocenters. The summed E-state index contributed by atoms with van der Waals surface area (Å²) in [7, 11) is 0. The fourth-order valence-corrected chi connectivity index (χ4v) is 1.60. The Morgan fingerprint density at radius 1 is 1.35 bits per heavy atom. The van der Waals surface area contributed by atoms with Gasteiger partial charge in [-0.25, -0.2) is 0 Å². The van der Waals surface area contributed by atoms with Crippen LogP contribution in [-0.2, 0) is 0 Å². The molecule has 0 aliphatic heterocycles. The Hall–Kier alpha value is -1.29. The van der Waals surface area contributed by atoms with E-state index in [1.54, 1.807) is 6.07 Å². The van der Waals surface area contributed by atoms with Crippen molar-refractivity contribution in [3.05, 3.63) is 33.9 Å². The van der Waals surface area contributed by atoms with E-state index in [1.807, 2.05) is 6.92 Å². The molecule has 0 aromatic heterocycles. The number of rotatable bonds is 7. The van der Waals surface area contributed by atoms with Gasteiger partial charge in [-0.3, -0.25) is 10.1 Å². The largest absolute Gasteiger partial charge is 0.493 e. The van der Waals surface area contributed by atoms with Crippen LogP contribution in [-0.4, -0.2) is 17.4 Å². The molecule has 0 saturated heterocycles. The topological polar surface area (TPSA) is 52.4 Å². The molecule has 0 radical (unpaired) electrons. The lowest BCUT2D eigenvalue weighted by Crippen LogP contribution is -2.00. The third kappa shape index (κ3) is 4.61. The Morgan fingerprint density at radius 2 is 2.12 bits per heavy atom. The minimum atomic E-state index is -0.417. The van der Waals surface area contributed by atoms with Gasteiger partial charge in [-0.15, -0.1) is 11.6 Å². The zero-order valence-corrected chi connectivity index (χ0v) is 10.6. The van der Waals surface area contributed by atoms with Crippen LogP contribution in [0.5, 0.6) is 5.75 Å². The standard InChI is InChI=1S/C12H16ClNO3/c1-10-5-6-11(14(15)16)9-12(10)17-8-4-2-3-7-13/h5-6,9H,2-4,7-8H2,1H3. The minimum Gasteiger partial charge on any atom is -0.493 e. The number of ether oxygens (including phenoxy) is 1. The van der Waals surface area contributed by atoms with Gasteiger partial charge in [0.25, 0.3) is 5.69 Å². The summed E-state index contributed by atoms with van der Waals surface area (Å²) < 4.78 is 5.53. The summed E-state index contributed by atoms with van der Waals surface area (Å²) in [6.07, 6.45) is 2.89. The van der Waals surface area contributed by atoms with E-state index in [1.165, 1.54) is 12.1 Å². The number of unbranched alkanes of at least 4 members (excludes halogenated alkanes) is 2. The van der Waals surface area contributed by atoms with Crippen LogP contribution in [0.15, 0.2) is 18.2 Å². The smallest absolute Gasteiger partial charge is 0.273 e. The third-order valence-corrected chi connectivity index (χ3v) is 2.69. The van der Waals surface area contributed by atoms with E-state index in [0.29, 0.717) is 18.2 Å². The second-order valence-electron chi connectivity index (χ2n) is 3.81. The molecule has 17 heavy (non-hydrogen) atoms. The maximum Gasteiger partial charge on any atom is 0.273 e. The molecule has 94 valence electrons. The van der Waals surface area contributed by atoms with Crippen molar-refractivity contribution >= 4 is 17.3 Å². The molecular formula is C12H16ClNO3. The number of benzene rings is 1. The Morgan fingerprint density at radius 3 is 2.76 bits per heavy atom. The van der Waals surface area contributed by atoms with Crippen molar-refractivity contribution in [3.63, 3.8) is 0 Å². The maximum atomic E-state index is 10.6. The van der Waals surface area contributed by atoms with Crippen molar-refractivity contribution in [3.8, 4) is 5.75 Å². The van der Waals surface area contributed by atoms with Crippen molar-refractivity contribution in [2.75, 3.05) is 12.5 Å². The SMILES string of the molecule is Cc1ccc([N+](=O)[O-])cc1OCCCCCCl. The molecule has 0 saturated carbocycles. The van der Waals surface area contributed by atoms with Gasteiger partial charge in [-0.2, -0.15) is 0 Å². The molecule has 1 rings (SSSR count). The molecule has 1 aromatic carbocycles. The van der Waals surface area contributed by atoms with Crippen molar-refractivity contribution in [2.24, 2.45) is 0 Å². The normalized spacial score (nSPS) is 10.2. The molecule has 0 fully saturated rings. The van der Waals surface area contributed by atoms with Gasteiger partial charge in [-0.05, 0) is 37.8 Å². The van der Waals surface area contributed by atoms with Crippen LogP contribution in [0.1, 0.15) is 24.8 Å². The number of nitro benzene ring substituents is 1. The van der Waals surface area contributed by atoms with Crippen LogP contribution < -0.4 is 4.74 Å². The second-order valence-corrected chi connectivity index (χ2v) is 4.18. The summed E-state index contributed by atoms with van der Waals surface area (Å²) in [6.45, 7) is 2.44. The van der Waals surface area contributed by atoms with Gasteiger partial charge in [0.2, 0.25) is 0 Å². The molecule has 0 aliphatic carbocycles. The number of hydrogen-bond acceptors (Lipinski definition) is 3. The Labute approximate surface area is 106 Å². The summed E-state index contributed by atoms with van der Waals surface area (Å²) in [5, 5.41) is 10.6. The molecule has 0 spiro atoms. The highest BCUT2D eigenvalue weighted by Gasteiger charge is 2.09. The molecule has 0 amide bonds. The van der Waals surface area contributed by atoms with E-state index in [2.05, 4.69) is 0 Å². The predicted octanol–water partition coefficient (Wildman–Crippen LogP) is 3.69. The molecule has 0 N–H and O–H groups in total. The van der Waals surface area contributed by atoms with Gasteiger partial charge in [0.05, 0.1) is 17.6 Å². The van der Waals surface area contributed by atoms with Crippen molar-refractivity contribution < 1.29 is 9.66 Å². The van der Waals surface area contributed by atoms with Gasteiger partial charge in [0.1, 0.15) is 5.75 Å². The van der Waals surface area contributed by atoms with Crippen LogP contribution in [0.25, 0.3) is 0 Å². The summed E-state index contributed by atoms with van der Waals surface area (Å²) in [5.41, 5.74) is 0.972. The van der Waals surface area contributed by atoms with Crippen molar-refractivity contribution in [1.29, 1.82) is 0 Å². The predicted molar refractivity (Wildman–Crippen MR) is 67.9 cm³/mol. The first-order valence-electron chi connectivity index (χ1n) is 5.59. The lowest BCUT2D eigenvalue weighted by Gasteiger charge is -2.08. The van der Waals surface area contributed by atoms with Crippen LogP contribution in [0.3, 0.4) is 0 Å². The fraction of sp³-hybridized carbons (Fsp3) is 0.500. The Bertz CT molecular complexity index is 382. The van der Waals surface area contributed by atoms with Crippen molar-refractivity contribution in [1.82, 2.24) is 0 Å². The highest BCUT2D eigenvalue weighted by atomic mass is 35.5. The third-order valence-electron chi connectivity index (χ3n) is 2.42. The number of aryl methyl sites for hydroxylation is 1. The van der Waals surface area contributed by atoms with Crippen LogP contribution in [0.4, 0.5) is 5.69 Å². The minimum absolute atomic E-state index is 0.0614. The zero-order valence-electron chi connectivity index (χ0n) is 9.82. The van der Waals surface area contributed by atoms with Crippen LogP contribution in [0, 0.1) is 17.0 Å². The van der Waals surface area contributed by atoms with Gasteiger partial charge >= 0.3 is 0 Å². The fourth-order valence-electron chi connectivity index (χ4n) is 1.41. The first-order valence-corrected chi connectivity index (χ1v) is 6.12.